The predicted octanol–water partition coefficient (Wildman–Crippen LogP) is 5.69. The fourth-order valence-corrected chi connectivity index (χ4v) is 5.40. The smallest absolute Gasteiger partial charge is 0.337 e. The van der Waals surface area contributed by atoms with Crippen LogP contribution in [0.3, 0.4) is 0 Å². The molecule has 1 fully saturated rings. The van der Waals surface area contributed by atoms with Gasteiger partial charge in [0.1, 0.15) is 12.4 Å². The van der Waals surface area contributed by atoms with Gasteiger partial charge in [0.15, 0.2) is 0 Å². The second-order valence-corrected chi connectivity index (χ2v) is 11.2. The quantitative estimate of drug-likeness (QED) is 0.251. The number of fused-ring (bicyclic) bond motifs is 6. The van der Waals surface area contributed by atoms with Gasteiger partial charge >= 0.3 is 5.97 Å². The Labute approximate surface area is 267 Å². The predicted molar refractivity (Wildman–Crippen MR) is 172 cm³/mol. The largest absolute Gasteiger partial charge is 0.493 e. The molecule has 3 aromatic carbocycles. The van der Waals surface area contributed by atoms with Gasteiger partial charge in [-0.25, -0.2) is 9.78 Å². The Bertz CT molecular complexity index is 1800. The molecule has 0 saturated carbocycles. The van der Waals surface area contributed by atoms with Crippen molar-refractivity contribution in [3.8, 4) is 29.0 Å². The first-order valence-corrected chi connectivity index (χ1v) is 15.2. The molecule has 1 atom stereocenters. The molecule has 4 aromatic rings. The molecule has 0 aliphatic carbocycles. The van der Waals surface area contributed by atoms with Crippen LogP contribution in [0.4, 0.5) is 11.4 Å². The van der Waals surface area contributed by atoms with Crippen LogP contribution < -0.4 is 20.1 Å². The van der Waals surface area contributed by atoms with Crippen LogP contribution in [0.2, 0.25) is 0 Å². The number of aryl methyl sites for hydroxylation is 1. The number of pyridine rings is 1. The average Bonchev–Trinajstić information content (AvgIpc) is 3.05. The maximum atomic E-state index is 13.4. The highest BCUT2D eigenvalue weighted by molar-refractivity contribution is 5.98. The third kappa shape index (κ3) is 7.28. The number of nitriles is 1. The Balaban J connectivity index is 1.23. The zero-order valence-corrected chi connectivity index (χ0v) is 25.5. The minimum atomic E-state index is -0.464. The van der Waals surface area contributed by atoms with E-state index in [9.17, 15) is 14.9 Å². The molecule has 1 saturated heterocycles. The normalized spacial score (nSPS) is 15.3. The monoisotopic (exact) mass is 618 g/mol. The van der Waals surface area contributed by atoms with Gasteiger partial charge in [-0.3, -0.25) is 4.79 Å². The van der Waals surface area contributed by atoms with Crippen molar-refractivity contribution in [2.75, 3.05) is 37.5 Å². The van der Waals surface area contributed by atoms with Gasteiger partial charge in [0.25, 0.3) is 0 Å². The van der Waals surface area contributed by atoms with E-state index in [1.807, 2.05) is 48.5 Å². The van der Waals surface area contributed by atoms with Crippen LogP contribution in [0.15, 0.2) is 72.8 Å². The van der Waals surface area contributed by atoms with E-state index in [2.05, 4.69) is 16.7 Å². The summed E-state index contributed by atoms with van der Waals surface area (Å²) in [6.07, 6.45) is 2.49. The van der Waals surface area contributed by atoms with Gasteiger partial charge in [0, 0.05) is 30.3 Å². The van der Waals surface area contributed by atoms with Crippen molar-refractivity contribution < 1.29 is 28.5 Å². The summed E-state index contributed by atoms with van der Waals surface area (Å²) in [7, 11) is 1.33. The summed E-state index contributed by atoms with van der Waals surface area (Å²) in [6, 6.07) is 24.1. The Morgan fingerprint density at radius 3 is 2.70 bits per heavy atom. The standard InChI is InChI=1S/C36H34N4O6/c1-43-36(42)27-11-12-31(32(17-27)38-21-29-13-15-44-29)39-34(41)19-26-10-9-25-18-33(26)45-14-3-4-24-16-23(20-37)7-8-28(24)22-46-35-6-2-5-30(25)40-35/h2,5-12,16-18,29,38H,3-4,13-15,19,21-22H2,1H3,(H,39,41)/t29-/m0/s1. The number of carbonyl (C=O) groups is 2. The number of esters is 1. The number of nitrogens with one attached hydrogen (secondary N) is 2. The number of benzene rings is 3. The fourth-order valence-electron chi connectivity index (χ4n) is 5.40. The second kappa shape index (κ2) is 14.1. The van der Waals surface area contributed by atoms with Crippen LogP contribution in [-0.2, 0) is 33.7 Å². The first-order valence-electron chi connectivity index (χ1n) is 15.2. The Morgan fingerprint density at radius 2 is 1.89 bits per heavy atom. The van der Waals surface area contributed by atoms with Crippen molar-refractivity contribution in [1.29, 1.82) is 5.26 Å². The van der Waals surface area contributed by atoms with E-state index in [4.69, 9.17) is 23.9 Å². The summed E-state index contributed by atoms with van der Waals surface area (Å²) >= 11 is 0. The minimum absolute atomic E-state index is 0.0600. The van der Waals surface area contributed by atoms with Crippen molar-refractivity contribution in [1.82, 2.24) is 4.98 Å². The third-order valence-corrected chi connectivity index (χ3v) is 8.02. The van der Waals surface area contributed by atoms with Gasteiger partial charge in [-0.05, 0) is 72.9 Å². The minimum Gasteiger partial charge on any atom is -0.493 e. The Kier molecular flexibility index (Phi) is 9.41. The number of rotatable bonds is 7. The van der Waals surface area contributed by atoms with E-state index in [1.165, 1.54) is 7.11 Å². The van der Waals surface area contributed by atoms with Crippen LogP contribution in [0.1, 0.15) is 45.5 Å². The Morgan fingerprint density at radius 1 is 1.00 bits per heavy atom. The average molecular weight is 619 g/mol. The highest BCUT2D eigenvalue weighted by Crippen LogP contribution is 2.30. The molecule has 0 unspecified atom stereocenters. The Hall–Kier alpha value is -5.40. The van der Waals surface area contributed by atoms with Gasteiger partial charge in [0.2, 0.25) is 11.8 Å². The SMILES string of the molecule is COC(=O)c1ccc(NC(=O)Cc2ccc3cc2OCCCc2cc(C#N)ccc2COc2cccc-3n2)c(NC[C@@H]2CCO2)c1. The van der Waals surface area contributed by atoms with Crippen LogP contribution in [0, 0.1) is 11.3 Å². The lowest BCUT2D eigenvalue weighted by molar-refractivity contribution is -0.115. The van der Waals surface area contributed by atoms with Crippen LogP contribution in [-0.4, -0.2) is 49.8 Å². The number of carbonyl (C=O) groups excluding carboxylic acids is 2. The zero-order valence-electron chi connectivity index (χ0n) is 25.5. The molecule has 3 heterocycles. The molecule has 10 nitrogen and oxygen atoms in total. The van der Waals surface area contributed by atoms with Gasteiger partial charge in [-0.2, -0.15) is 5.26 Å². The van der Waals surface area contributed by atoms with Crippen LogP contribution in [0.25, 0.3) is 11.3 Å². The molecule has 2 aliphatic rings. The lowest BCUT2D eigenvalue weighted by atomic mass is 10.0. The summed E-state index contributed by atoms with van der Waals surface area (Å²) in [4.78, 5) is 30.3. The molecule has 46 heavy (non-hydrogen) atoms. The fraction of sp³-hybridized carbons (Fsp3) is 0.278. The number of amides is 1. The highest BCUT2D eigenvalue weighted by Gasteiger charge is 2.20. The third-order valence-electron chi connectivity index (χ3n) is 8.02. The summed E-state index contributed by atoms with van der Waals surface area (Å²) in [5, 5.41) is 15.7. The zero-order chi connectivity index (χ0) is 31.9. The molecule has 1 amide bonds. The lowest BCUT2D eigenvalue weighted by Gasteiger charge is -2.27. The molecule has 0 radical (unpaired) electrons. The van der Waals surface area contributed by atoms with E-state index >= 15 is 0 Å². The van der Waals surface area contributed by atoms with E-state index < -0.39 is 5.97 Å². The number of methoxy groups -OCH3 is 1. The molecular formula is C36H34N4O6. The van der Waals surface area contributed by atoms with Gasteiger partial charge in [-0.1, -0.05) is 24.3 Å². The van der Waals surface area contributed by atoms with E-state index in [1.54, 1.807) is 24.3 Å². The summed E-state index contributed by atoms with van der Waals surface area (Å²) in [5.41, 5.74) is 6.40. The van der Waals surface area contributed by atoms with Gasteiger partial charge < -0.3 is 29.6 Å². The van der Waals surface area contributed by atoms with E-state index in [-0.39, 0.29) is 18.4 Å². The molecule has 6 rings (SSSR count). The molecule has 0 spiro atoms. The highest BCUT2D eigenvalue weighted by atomic mass is 16.5. The summed E-state index contributed by atoms with van der Waals surface area (Å²) < 4.78 is 22.7. The molecule has 2 aliphatic heterocycles. The number of nitrogens with zero attached hydrogens (tertiary/aromatic N) is 2. The number of hydrogen-bond acceptors (Lipinski definition) is 9. The number of ether oxygens (including phenoxy) is 4. The first kappa shape index (κ1) is 30.6. The van der Waals surface area contributed by atoms with Crippen molar-refractivity contribution >= 4 is 23.3 Å². The number of aromatic nitrogens is 1. The number of hydrogen-bond donors (Lipinski definition) is 2. The van der Waals surface area contributed by atoms with E-state index in [0.717, 1.165) is 35.3 Å². The molecule has 1 aromatic heterocycles. The topological polar surface area (TPSA) is 132 Å². The summed E-state index contributed by atoms with van der Waals surface area (Å²) in [6.45, 7) is 2.03. The molecular weight excluding hydrogens is 584 g/mol. The second-order valence-electron chi connectivity index (χ2n) is 11.2. The van der Waals surface area contributed by atoms with Crippen molar-refractivity contribution in [3.63, 3.8) is 0 Å². The molecule has 234 valence electrons. The van der Waals surface area contributed by atoms with E-state index in [0.29, 0.717) is 72.4 Å². The molecule has 2 N–H and O–H groups in total. The summed E-state index contributed by atoms with van der Waals surface area (Å²) in [5.74, 6) is 0.370. The number of anilines is 2. The van der Waals surface area contributed by atoms with Crippen molar-refractivity contribution in [2.24, 2.45) is 0 Å². The molecule has 4 bridgehead atoms. The van der Waals surface area contributed by atoms with Gasteiger partial charge in [0.05, 0.1) is 60.5 Å². The van der Waals surface area contributed by atoms with Crippen molar-refractivity contribution in [3.05, 3.63) is 101 Å². The lowest BCUT2D eigenvalue weighted by Crippen LogP contribution is -2.33. The first-order chi connectivity index (χ1) is 22.5. The van der Waals surface area contributed by atoms with Crippen molar-refractivity contribution in [2.45, 2.75) is 38.4 Å². The molecule has 10 heteroatoms. The maximum absolute atomic E-state index is 13.4. The van der Waals surface area contributed by atoms with Crippen LogP contribution in [0.5, 0.6) is 11.6 Å². The maximum Gasteiger partial charge on any atom is 0.337 e. The van der Waals surface area contributed by atoms with Crippen LogP contribution >= 0.6 is 0 Å². The van der Waals surface area contributed by atoms with Gasteiger partial charge in [-0.15, -0.1) is 0 Å².